The predicted octanol–water partition coefficient (Wildman–Crippen LogP) is 2.87. The number of hydrogen-bond acceptors (Lipinski definition) is 2. The van der Waals surface area contributed by atoms with Gasteiger partial charge in [0.05, 0.1) is 0 Å². The third-order valence-electron chi connectivity index (χ3n) is 4.36. The molecule has 16 heavy (non-hydrogen) atoms. The highest BCUT2D eigenvalue weighted by Crippen LogP contribution is 2.42. The molecule has 1 saturated carbocycles. The number of nitrogens with zero attached hydrogens (tertiary/aromatic N) is 1. The molecule has 0 bridgehead atoms. The van der Waals surface area contributed by atoms with Crippen LogP contribution in [0.4, 0.5) is 0 Å². The van der Waals surface area contributed by atoms with E-state index in [0.29, 0.717) is 5.41 Å². The second-order valence-corrected chi connectivity index (χ2v) is 6.87. The van der Waals surface area contributed by atoms with Crippen molar-refractivity contribution in [3.63, 3.8) is 0 Å². The Labute approximate surface area is 102 Å². The summed E-state index contributed by atoms with van der Waals surface area (Å²) in [7, 11) is 2.26. The third kappa shape index (κ3) is 3.21. The van der Waals surface area contributed by atoms with Gasteiger partial charge in [-0.15, -0.1) is 0 Å². The maximum atomic E-state index is 6.06. The van der Waals surface area contributed by atoms with Crippen molar-refractivity contribution in [2.24, 2.45) is 17.1 Å². The monoisotopic (exact) mass is 226 g/mol. The van der Waals surface area contributed by atoms with Gasteiger partial charge in [0, 0.05) is 18.6 Å². The van der Waals surface area contributed by atoms with Crippen LogP contribution in [0.1, 0.15) is 53.4 Å². The van der Waals surface area contributed by atoms with Crippen molar-refractivity contribution in [3.8, 4) is 0 Å². The van der Waals surface area contributed by atoms with Crippen molar-refractivity contribution in [1.82, 2.24) is 4.90 Å². The minimum Gasteiger partial charge on any atom is -0.329 e. The Morgan fingerprint density at radius 2 is 1.62 bits per heavy atom. The lowest BCUT2D eigenvalue weighted by Crippen LogP contribution is -2.55. The fourth-order valence-corrected chi connectivity index (χ4v) is 2.88. The van der Waals surface area contributed by atoms with Gasteiger partial charge < -0.3 is 5.73 Å². The molecule has 0 heterocycles. The zero-order chi connectivity index (χ0) is 12.4. The first kappa shape index (κ1) is 14.0. The van der Waals surface area contributed by atoms with E-state index in [0.717, 1.165) is 19.0 Å². The Hall–Kier alpha value is -0.0800. The number of likely N-dealkylation sites (N-methyl/N-ethyl adjacent to an activating group) is 1. The van der Waals surface area contributed by atoms with E-state index in [9.17, 15) is 0 Å². The average molecular weight is 226 g/mol. The summed E-state index contributed by atoms with van der Waals surface area (Å²) in [6, 6.07) is 0. The minimum atomic E-state index is 0.278. The average Bonchev–Trinajstić information content (AvgIpc) is 2.17. The van der Waals surface area contributed by atoms with Crippen molar-refractivity contribution in [3.05, 3.63) is 0 Å². The van der Waals surface area contributed by atoms with E-state index in [1.165, 1.54) is 25.7 Å². The topological polar surface area (TPSA) is 29.3 Å². The molecule has 2 heteroatoms. The predicted molar refractivity (Wildman–Crippen MR) is 71.5 cm³/mol. The summed E-state index contributed by atoms with van der Waals surface area (Å²) in [4.78, 5) is 2.52. The van der Waals surface area contributed by atoms with Crippen LogP contribution in [-0.2, 0) is 0 Å². The van der Waals surface area contributed by atoms with Crippen LogP contribution in [0.3, 0.4) is 0 Å². The standard InChI is InChI=1S/C14H30N2/c1-12(2)10-16(5)14(11-15)8-6-13(3,4)7-9-14/h12H,6-11,15H2,1-5H3. The molecular formula is C14H30N2. The van der Waals surface area contributed by atoms with Gasteiger partial charge in [-0.25, -0.2) is 0 Å². The van der Waals surface area contributed by atoms with Gasteiger partial charge in [-0.3, -0.25) is 4.90 Å². The summed E-state index contributed by atoms with van der Waals surface area (Å²) < 4.78 is 0. The van der Waals surface area contributed by atoms with Gasteiger partial charge in [0.15, 0.2) is 0 Å². The summed E-state index contributed by atoms with van der Waals surface area (Å²) in [5.41, 5.74) is 6.86. The van der Waals surface area contributed by atoms with Gasteiger partial charge in [-0.2, -0.15) is 0 Å². The summed E-state index contributed by atoms with van der Waals surface area (Å²) in [5.74, 6) is 0.725. The van der Waals surface area contributed by atoms with E-state index < -0.39 is 0 Å². The van der Waals surface area contributed by atoms with E-state index in [4.69, 9.17) is 5.73 Å². The van der Waals surface area contributed by atoms with E-state index in [1.807, 2.05) is 0 Å². The van der Waals surface area contributed by atoms with Gasteiger partial charge in [-0.05, 0) is 44.1 Å². The first-order valence-electron chi connectivity index (χ1n) is 6.73. The fourth-order valence-electron chi connectivity index (χ4n) is 2.88. The molecule has 1 fully saturated rings. The van der Waals surface area contributed by atoms with E-state index in [2.05, 4.69) is 39.6 Å². The SMILES string of the molecule is CC(C)CN(C)C1(CN)CCC(C)(C)CC1. The Kier molecular flexibility index (Phi) is 4.42. The van der Waals surface area contributed by atoms with Crippen LogP contribution in [0.5, 0.6) is 0 Å². The Morgan fingerprint density at radius 3 is 2.00 bits per heavy atom. The largest absolute Gasteiger partial charge is 0.329 e. The van der Waals surface area contributed by atoms with Crippen LogP contribution in [0.2, 0.25) is 0 Å². The molecule has 1 aliphatic rings. The van der Waals surface area contributed by atoms with Crippen LogP contribution in [0.15, 0.2) is 0 Å². The molecule has 0 aromatic rings. The summed E-state index contributed by atoms with van der Waals surface area (Å²) in [5, 5.41) is 0. The molecule has 1 aliphatic carbocycles. The maximum absolute atomic E-state index is 6.06. The van der Waals surface area contributed by atoms with Gasteiger partial charge >= 0.3 is 0 Å². The normalized spacial score (nSPS) is 24.0. The Morgan fingerprint density at radius 1 is 1.12 bits per heavy atom. The minimum absolute atomic E-state index is 0.278. The summed E-state index contributed by atoms with van der Waals surface area (Å²) in [6.07, 6.45) is 5.15. The van der Waals surface area contributed by atoms with Crippen molar-refractivity contribution in [2.45, 2.75) is 58.9 Å². The molecule has 1 rings (SSSR count). The second-order valence-electron chi connectivity index (χ2n) is 6.87. The lowest BCUT2D eigenvalue weighted by Gasteiger charge is -2.49. The lowest BCUT2D eigenvalue weighted by molar-refractivity contribution is 0.0345. The van der Waals surface area contributed by atoms with E-state index in [1.54, 1.807) is 0 Å². The molecule has 0 aromatic carbocycles. The van der Waals surface area contributed by atoms with Crippen LogP contribution >= 0.6 is 0 Å². The quantitative estimate of drug-likeness (QED) is 0.798. The molecule has 2 N–H and O–H groups in total. The molecule has 0 amide bonds. The van der Waals surface area contributed by atoms with Crippen LogP contribution in [0, 0.1) is 11.3 Å². The third-order valence-corrected chi connectivity index (χ3v) is 4.36. The van der Waals surface area contributed by atoms with E-state index >= 15 is 0 Å². The first-order chi connectivity index (χ1) is 7.31. The lowest BCUT2D eigenvalue weighted by atomic mass is 9.68. The van der Waals surface area contributed by atoms with Crippen LogP contribution in [-0.4, -0.2) is 30.6 Å². The second kappa shape index (κ2) is 5.05. The van der Waals surface area contributed by atoms with Crippen LogP contribution in [0.25, 0.3) is 0 Å². The van der Waals surface area contributed by atoms with Gasteiger partial charge in [-0.1, -0.05) is 27.7 Å². The smallest absolute Gasteiger partial charge is 0.0329 e. The Bertz CT molecular complexity index is 211. The molecule has 0 radical (unpaired) electrons. The maximum Gasteiger partial charge on any atom is 0.0329 e. The molecule has 2 nitrogen and oxygen atoms in total. The van der Waals surface area contributed by atoms with Crippen molar-refractivity contribution < 1.29 is 0 Å². The molecular weight excluding hydrogens is 196 g/mol. The Balaban J connectivity index is 2.65. The van der Waals surface area contributed by atoms with Gasteiger partial charge in [0.25, 0.3) is 0 Å². The molecule has 0 aliphatic heterocycles. The fraction of sp³-hybridized carbons (Fsp3) is 1.00. The number of rotatable bonds is 4. The zero-order valence-electron chi connectivity index (χ0n) is 11.8. The van der Waals surface area contributed by atoms with Crippen LogP contribution < -0.4 is 5.73 Å². The highest BCUT2D eigenvalue weighted by atomic mass is 15.2. The molecule has 0 spiro atoms. The molecule has 0 saturated heterocycles. The van der Waals surface area contributed by atoms with Crippen molar-refractivity contribution in [1.29, 1.82) is 0 Å². The van der Waals surface area contributed by atoms with Gasteiger partial charge in [0.1, 0.15) is 0 Å². The number of hydrogen-bond donors (Lipinski definition) is 1. The molecule has 0 atom stereocenters. The molecule has 96 valence electrons. The summed E-state index contributed by atoms with van der Waals surface area (Å²) in [6.45, 7) is 11.3. The highest BCUT2D eigenvalue weighted by Gasteiger charge is 2.40. The number of nitrogens with two attached hydrogens (primary N) is 1. The molecule has 0 unspecified atom stereocenters. The first-order valence-corrected chi connectivity index (χ1v) is 6.73. The molecule has 0 aromatic heterocycles. The van der Waals surface area contributed by atoms with Gasteiger partial charge in [0.2, 0.25) is 0 Å². The highest BCUT2D eigenvalue weighted by molar-refractivity contribution is 4.97. The van der Waals surface area contributed by atoms with E-state index in [-0.39, 0.29) is 5.54 Å². The van der Waals surface area contributed by atoms with Crippen molar-refractivity contribution >= 4 is 0 Å². The zero-order valence-corrected chi connectivity index (χ0v) is 11.8. The summed E-state index contributed by atoms with van der Waals surface area (Å²) >= 11 is 0. The van der Waals surface area contributed by atoms with Crippen molar-refractivity contribution in [2.75, 3.05) is 20.1 Å².